The minimum absolute atomic E-state index is 0.246. The van der Waals surface area contributed by atoms with Crippen LogP contribution in [0.15, 0.2) is 24.3 Å². The Balaban J connectivity index is 2.14. The number of hydrogen-bond donors (Lipinski definition) is 2. The maximum absolute atomic E-state index is 5.88. The van der Waals surface area contributed by atoms with Gasteiger partial charge >= 0.3 is 0 Å². The van der Waals surface area contributed by atoms with Crippen LogP contribution in [-0.4, -0.2) is 6.61 Å². The van der Waals surface area contributed by atoms with Crippen molar-refractivity contribution in [2.75, 3.05) is 6.61 Å². The number of benzene rings is 1. The van der Waals surface area contributed by atoms with Gasteiger partial charge in [0, 0.05) is 0 Å². The van der Waals surface area contributed by atoms with Crippen LogP contribution >= 0.6 is 0 Å². The maximum Gasteiger partial charge on any atom is 0.119 e. The second kappa shape index (κ2) is 7.09. The van der Waals surface area contributed by atoms with Gasteiger partial charge < -0.3 is 4.74 Å². The molecule has 0 spiro atoms. The fraction of sp³-hybridized carbons (Fsp3) is 0.647. The van der Waals surface area contributed by atoms with Crippen molar-refractivity contribution < 1.29 is 4.74 Å². The van der Waals surface area contributed by atoms with Crippen molar-refractivity contribution >= 4 is 0 Å². The van der Waals surface area contributed by atoms with E-state index in [-0.39, 0.29) is 6.04 Å². The van der Waals surface area contributed by atoms with Gasteiger partial charge in [-0.15, -0.1) is 0 Å². The number of nitrogens with one attached hydrogen (secondary N) is 1. The van der Waals surface area contributed by atoms with Crippen molar-refractivity contribution in [3.63, 3.8) is 0 Å². The molecule has 2 rings (SSSR count). The summed E-state index contributed by atoms with van der Waals surface area (Å²) in [6.45, 7) is 5.18. The highest BCUT2D eigenvalue weighted by Gasteiger charge is 2.40. The molecule has 1 aromatic rings. The van der Waals surface area contributed by atoms with Gasteiger partial charge in [0.05, 0.1) is 12.6 Å². The second-order valence-corrected chi connectivity index (χ2v) is 5.94. The molecule has 1 aliphatic carbocycles. The molecule has 3 N–H and O–H groups in total. The van der Waals surface area contributed by atoms with E-state index >= 15 is 0 Å². The van der Waals surface area contributed by atoms with Crippen molar-refractivity contribution in [3.8, 4) is 5.75 Å². The largest absolute Gasteiger partial charge is 0.494 e. The first-order valence-corrected chi connectivity index (χ1v) is 7.94. The topological polar surface area (TPSA) is 47.3 Å². The van der Waals surface area contributed by atoms with Gasteiger partial charge in [-0.3, -0.25) is 11.3 Å². The van der Waals surface area contributed by atoms with Gasteiger partial charge in [0.25, 0.3) is 0 Å². The summed E-state index contributed by atoms with van der Waals surface area (Å²) in [5.41, 5.74) is 4.67. The summed E-state index contributed by atoms with van der Waals surface area (Å²) >= 11 is 0. The highest BCUT2D eigenvalue weighted by atomic mass is 16.5. The maximum atomic E-state index is 5.88. The third-order valence-electron chi connectivity index (χ3n) is 4.77. The molecule has 3 heteroatoms. The molecule has 20 heavy (non-hydrogen) atoms. The molecule has 0 bridgehead atoms. The molecule has 0 amide bonds. The van der Waals surface area contributed by atoms with Gasteiger partial charge in [-0.05, 0) is 48.8 Å². The van der Waals surface area contributed by atoms with Crippen LogP contribution in [0.25, 0.3) is 0 Å². The zero-order valence-electron chi connectivity index (χ0n) is 12.8. The third kappa shape index (κ3) is 3.15. The zero-order valence-corrected chi connectivity index (χ0v) is 12.8. The van der Waals surface area contributed by atoms with Crippen LogP contribution < -0.4 is 16.0 Å². The predicted molar refractivity (Wildman–Crippen MR) is 83.5 cm³/mol. The minimum atomic E-state index is 0.246. The minimum Gasteiger partial charge on any atom is -0.494 e. The summed E-state index contributed by atoms with van der Waals surface area (Å²) in [4.78, 5) is 0. The summed E-state index contributed by atoms with van der Waals surface area (Å²) in [6, 6.07) is 8.69. The van der Waals surface area contributed by atoms with Crippen molar-refractivity contribution in [2.45, 2.75) is 58.4 Å². The lowest BCUT2D eigenvalue weighted by molar-refractivity contribution is 0.188. The predicted octanol–water partition coefficient (Wildman–Crippen LogP) is 3.95. The summed E-state index contributed by atoms with van der Waals surface area (Å²) in [5, 5.41) is 0. The number of ether oxygens (including phenoxy) is 1. The molecule has 0 aliphatic heterocycles. The molecule has 1 atom stereocenters. The molecule has 0 aromatic heterocycles. The van der Waals surface area contributed by atoms with E-state index in [1.807, 2.05) is 0 Å². The Morgan fingerprint density at radius 2 is 1.85 bits per heavy atom. The summed E-state index contributed by atoms with van der Waals surface area (Å²) in [5.74, 6) is 6.83. The zero-order chi connectivity index (χ0) is 14.4. The summed E-state index contributed by atoms with van der Waals surface area (Å²) in [7, 11) is 0. The van der Waals surface area contributed by atoms with Crippen LogP contribution in [0.1, 0.15) is 64.0 Å². The standard InChI is InChI=1S/C17H28N2O/c1-3-13-20-15-9-7-14(8-10-15)16(19-18)17(4-2)11-5-6-12-17/h7-10,16,19H,3-6,11-13,18H2,1-2H3. The normalized spacial score (nSPS) is 18.9. The molecular weight excluding hydrogens is 248 g/mol. The molecule has 1 saturated carbocycles. The first-order valence-electron chi connectivity index (χ1n) is 7.94. The van der Waals surface area contributed by atoms with E-state index in [9.17, 15) is 0 Å². The van der Waals surface area contributed by atoms with E-state index < -0.39 is 0 Å². The number of hydrogen-bond acceptors (Lipinski definition) is 3. The molecule has 1 aromatic carbocycles. The lowest BCUT2D eigenvalue weighted by atomic mass is 9.74. The molecule has 0 radical (unpaired) electrons. The highest BCUT2D eigenvalue weighted by Crippen LogP contribution is 2.49. The molecule has 3 nitrogen and oxygen atoms in total. The quantitative estimate of drug-likeness (QED) is 0.585. The van der Waals surface area contributed by atoms with E-state index in [0.717, 1.165) is 18.8 Å². The van der Waals surface area contributed by atoms with E-state index in [4.69, 9.17) is 10.6 Å². The van der Waals surface area contributed by atoms with Gasteiger partial charge in [0.15, 0.2) is 0 Å². The van der Waals surface area contributed by atoms with Crippen LogP contribution in [0, 0.1) is 5.41 Å². The van der Waals surface area contributed by atoms with E-state index in [2.05, 4.69) is 43.5 Å². The van der Waals surface area contributed by atoms with Crippen molar-refractivity contribution in [1.82, 2.24) is 5.43 Å². The molecule has 1 fully saturated rings. The Bertz CT molecular complexity index is 396. The second-order valence-electron chi connectivity index (χ2n) is 5.94. The van der Waals surface area contributed by atoms with Crippen LogP contribution in [0.2, 0.25) is 0 Å². The highest BCUT2D eigenvalue weighted by molar-refractivity contribution is 5.30. The van der Waals surface area contributed by atoms with Gasteiger partial charge in [-0.2, -0.15) is 0 Å². The van der Waals surface area contributed by atoms with E-state index in [1.165, 1.54) is 37.7 Å². The van der Waals surface area contributed by atoms with Crippen LogP contribution in [0.3, 0.4) is 0 Å². The first kappa shape index (κ1) is 15.3. The third-order valence-corrected chi connectivity index (χ3v) is 4.77. The van der Waals surface area contributed by atoms with Crippen LogP contribution in [-0.2, 0) is 0 Å². The lowest BCUT2D eigenvalue weighted by Crippen LogP contribution is -2.40. The van der Waals surface area contributed by atoms with E-state index in [0.29, 0.717) is 5.41 Å². The Labute approximate surface area is 122 Å². The fourth-order valence-corrected chi connectivity index (χ4v) is 3.53. The molecule has 0 saturated heterocycles. The van der Waals surface area contributed by atoms with Crippen LogP contribution in [0.5, 0.6) is 5.75 Å². The van der Waals surface area contributed by atoms with Crippen molar-refractivity contribution in [1.29, 1.82) is 0 Å². The van der Waals surface area contributed by atoms with Crippen LogP contribution in [0.4, 0.5) is 0 Å². The molecule has 112 valence electrons. The van der Waals surface area contributed by atoms with Crippen molar-refractivity contribution in [2.24, 2.45) is 11.3 Å². The Morgan fingerprint density at radius 1 is 1.20 bits per heavy atom. The number of rotatable bonds is 7. The molecule has 1 aliphatic rings. The lowest BCUT2D eigenvalue weighted by Gasteiger charge is -2.37. The van der Waals surface area contributed by atoms with Gasteiger partial charge in [0.1, 0.15) is 5.75 Å². The summed E-state index contributed by atoms with van der Waals surface area (Å²) < 4.78 is 5.65. The number of nitrogens with two attached hydrogens (primary N) is 1. The summed E-state index contributed by atoms with van der Waals surface area (Å²) in [6.07, 6.45) is 7.40. The first-order chi connectivity index (χ1) is 9.75. The van der Waals surface area contributed by atoms with Gasteiger partial charge in [-0.1, -0.05) is 38.8 Å². The molecular formula is C17H28N2O. The van der Waals surface area contributed by atoms with Gasteiger partial charge in [-0.25, -0.2) is 0 Å². The Morgan fingerprint density at radius 3 is 2.35 bits per heavy atom. The van der Waals surface area contributed by atoms with Crippen molar-refractivity contribution in [3.05, 3.63) is 29.8 Å². The Hall–Kier alpha value is -1.06. The number of hydrazine groups is 1. The molecule has 1 unspecified atom stereocenters. The Kier molecular flexibility index (Phi) is 5.44. The van der Waals surface area contributed by atoms with Gasteiger partial charge in [0.2, 0.25) is 0 Å². The monoisotopic (exact) mass is 276 g/mol. The average Bonchev–Trinajstić information content (AvgIpc) is 2.97. The fourth-order valence-electron chi connectivity index (χ4n) is 3.53. The smallest absolute Gasteiger partial charge is 0.119 e. The van der Waals surface area contributed by atoms with E-state index in [1.54, 1.807) is 0 Å². The average molecular weight is 276 g/mol. The SMILES string of the molecule is CCCOc1ccc(C(NN)C2(CC)CCCC2)cc1. The molecule has 0 heterocycles.